The zero-order chi connectivity index (χ0) is 14.7. The molecule has 20 heavy (non-hydrogen) atoms. The number of aromatic amines is 2. The van der Waals surface area contributed by atoms with E-state index in [1.54, 1.807) is 0 Å². The summed E-state index contributed by atoms with van der Waals surface area (Å²) in [5.74, 6) is -1.94. The van der Waals surface area contributed by atoms with E-state index in [1.165, 1.54) is 12.1 Å². The first kappa shape index (κ1) is 13.3. The number of carbonyl (C=O) groups is 2. The molecule has 0 aliphatic rings. The van der Waals surface area contributed by atoms with Crippen molar-refractivity contribution in [2.24, 2.45) is 0 Å². The molecule has 2 heterocycles. The van der Waals surface area contributed by atoms with Gasteiger partial charge in [0.25, 0.3) is 11.5 Å². The fourth-order valence-electron chi connectivity index (χ4n) is 1.44. The first-order chi connectivity index (χ1) is 9.45. The quantitative estimate of drug-likeness (QED) is 0.581. The third-order valence-electron chi connectivity index (χ3n) is 2.30. The summed E-state index contributed by atoms with van der Waals surface area (Å²) < 4.78 is 4.92. The average Bonchev–Trinajstić information content (AvgIpc) is 2.83. The van der Waals surface area contributed by atoms with Crippen LogP contribution in [0.25, 0.3) is 0 Å². The average molecular weight is 279 g/mol. The van der Waals surface area contributed by atoms with Crippen LogP contribution in [0.4, 0.5) is 0 Å². The Labute approximate surface area is 110 Å². The number of aromatic nitrogens is 2. The van der Waals surface area contributed by atoms with E-state index < -0.39 is 23.1 Å². The second-order valence-corrected chi connectivity index (χ2v) is 3.76. The van der Waals surface area contributed by atoms with E-state index in [0.29, 0.717) is 0 Å². The Bertz CT molecular complexity index is 740. The number of H-pyrrole nitrogens is 2. The largest absolute Gasteiger partial charge is 0.475 e. The summed E-state index contributed by atoms with van der Waals surface area (Å²) in [6.07, 6.45) is 0. The summed E-state index contributed by atoms with van der Waals surface area (Å²) in [5, 5.41) is 11.0. The zero-order valence-corrected chi connectivity index (χ0v) is 9.93. The van der Waals surface area contributed by atoms with Crippen LogP contribution in [-0.4, -0.2) is 27.0 Å². The van der Waals surface area contributed by atoms with Crippen molar-refractivity contribution in [3.63, 3.8) is 0 Å². The molecule has 0 saturated heterocycles. The van der Waals surface area contributed by atoms with Crippen molar-refractivity contribution in [2.75, 3.05) is 0 Å². The fourth-order valence-corrected chi connectivity index (χ4v) is 1.44. The smallest absolute Gasteiger partial charge is 0.371 e. The van der Waals surface area contributed by atoms with E-state index in [0.717, 1.165) is 6.07 Å². The van der Waals surface area contributed by atoms with Crippen LogP contribution in [0.1, 0.15) is 26.8 Å². The first-order valence-electron chi connectivity index (χ1n) is 5.39. The Balaban J connectivity index is 2.06. The highest BCUT2D eigenvalue weighted by atomic mass is 16.4. The Morgan fingerprint density at radius 2 is 2.00 bits per heavy atom. The molecule has 0 aromatic carbocycles. The minimum Gasteiger partial charge on any atom is -0.475 e. The maximum atomic E-state index is 11.7. The van der Waals surface area contributed by atoms with Gasteiger partial charge in [0.1, 0.15) is 11.5 Å². The number of aromatic carboxylic acids is 1. The zero-order valence-electron chi connectivity index (χ0n) is 9.93. The number of hydrogen-bond donors (Lipinski definition) is 4. The van der Waals surface area contributed by atoms with Gasteiger partial charge in [-0.1, -0.05) is 0 Å². The lowest BCUT2D eigenvalue weighted by Crippen LogP contribution is -2.30. The molecule has 104 valence electrons. The van der Waals surface area contributed by atoms with Crippen LogP contribution in [0.5, 0.6) is 0 Å². The minimum atomic E-state index is -1.22. The highest BCUT2D eigenvalue weighted by Crippen LogP contribution is 2.07. The number of nitrogens with one attached hydrogen (secondary N) is 3. The topological polar surface area (TPSA) is 145 Å². The van der Waals surface area contributed by atoms with Crippen LogP contribution in [0, 0.1) is 0 Å². The molecule has 2 aromatic heterocycles. The number of furan rings is 1. The molecule has 1 amide bonds. The van der Waals surface area contributed by atoms with Gasteiger partial charge in [-0.25, -0.2) is 9.59 Å². The van der Waals surface area contributed by atoms with Crippen molar-refractivity contribution < 1.29 is 19.1 Å². The Hall–Kier alpha value is -3.10. The summed E-state index contributed by atoms with van der Waals surface area (Å²) in [5.41, 5.74) is -1.71. The van der Waals surface area contributed by atoms with Gasteiger partial charge in [0, 0.05) is 6.07 Å². The van der Waals surface area contributed by atoms with Gasteiger partial charge in [0.2, 0.25) is 5.76 Å². The molecule has 0 bridgehead atoms. The Morgan fingerprint density at radius 3 is 2.60 bits per heavy atom. The first-order valence-corrected chi connectivity index (χ1v) is 5.39. The van der Waals surface area contributed by atoms with Crippen LogP contribution in [-0.2, 0) is 6.54 Å². The van der Waals surface area contributed by atoms with E-state index in [4.69, 9.17) is 9.52 Å². The van der Waals surface area contributed by atoms with Gasteiger partial charge in [0.05, 0.1) is 6.54 Å². The van der Waals surface area contributed by atoms with Gasteiger partial charge in [-0.3, -0.25) is 14.6 Å². The summed E-state index contributed by atoms with van der Waals surface area (Å²) in [7, 11) is 0. The van der Waals surface area contributed by atoms with Crippen molar-refractivity contribution >= 4 is 11.9 Å². The molecule has 0 atom stereocenters. The summed E-state index contributed by atoms with van der Waals surface area (Å²) >= 11 is 0. The maximum Gasteiger partial charge on any atom is 0.371 e. The Morgan fingerprint density at radius 1 is 1.25 bits per heavy atom. The molecule has 2 rings (SSSR count). The van der Waals surface area contributed by atoms with Crippen LogP contribution >= 0.6 is 0 Å². The second-order valence-electron chi connectivity index (χ2n) is 3.76. The van der Waals surface area contributed by atoms with E-state index in [9.17, 15) is 19.2 Å². The van der Waals surface area contributed by atoms with Crippen molar-refractivity contribution in [1.29, 1.82) is 0 Å². The summed E-state index contributed by atoms with van der Waals surface area (Å²) in [6.45, 7) is -0.0824. The van der Waals surface area contributed by atoms with E-state index in [-0.39, 0.29) is 23.8 Å². The standard InChI is InChI=1S/C11H9N3O6/c15-8-3-6(13-11(19)14-8)9(16)12-4-5-1-2-7(20-5)10(17)18/h1-3H,4H2,(H,12,16)(H,17,18)(H2,13,14,15,19). The predicted octanol–water partition coefficient (Wildman–Crippen LogP) is -0.716. The maximum absolute atomic E-state index is 11.7. The number of carboxylic acid groups (broad SMARTS) is 1. The van der Waals surface area contributed by atoms with Gasteiger partial charge < -0.3 is 19.8 Å². The third kappa shape index (κ3) is 3.02. The molecule has 4 N–H and O–H groups in total. The monoisotopic (exact) mass is 279 g/mol. The lowest BCUT2D eigenvalue weighted by molar-refractivity contribution is 0.0660. The Kier molecular flexibility index (Phi) is 3.51. The van der Waals surface area contributed by atoms with Gasteiger partial charge in [-0.15, -0.1) is 0 Å². The number of rotatable bonds is 4. The SMILES string of the molecule is O=C(NCc1ccc(C(=O)O)o1)c1cc(=O)[nH]c(=O)[nH]1. The van der Waals surface area contributed by atoms with E-state index >= 15 is 0 Å². The minimum absolute atomic E-state index is 0.0824. The second kappa shape index (κ2) is 5.26. The van der Waals surface area contributed by atoms with Crippen LogP contribution in [0.15, 0.2) is 32.2 Å². The molecular formula is C11H9N3O6. The highest BCUT2D eigenvalue weighted by molar-refractivity contribution is 5.92. The molecule has 2 aromatic rings. The number of amides is 1. The lowest BCUT2D eigenvalue weighted by atomic mass is 10.3. The fraction of sp³-hybridized carbons (Fsp3) is 0.0909. The van der Waals surface area contributed by atoms with Crippen LogP contribution in [0.3, 0.4) is 0 Å². The molecule has 0 unspecified atom stereocenters. The number of hydrogen-bond acceptors (Lipinski definition) is 5. The van der Waals surface area contributed by atoms with Crippen molar-refractivity contribution in [2.45, 2.75) is 6.54 Å². The van der Waals surface area contributed by atoms with Crippen molar-refractivity contribution in [3.8, 4) is 0 Å². The molecule has 9 nitrogen and oxygen atoms in total. The predicted molar refractivity (Wildman–Crippen MR) is 64.5 cm³/mol. The van der Waals surface area contributed by atoms with Crippen LogP contribution in [0.2, 0.25) is 0 Å². The molecule has 0 aliphatic heterocycles. The number of carbonyl (C=O) groups excluding carboxylic acids is 1. The normalized spacial score (nSPS) is 10.2. The molecule has 0 aliphatic carbocycles. The highest BCUT2D eigenvalue weighted by Gasteiger charge is 2.11. The number of carboxylic acids is 1. The summed E-state index contributed by atoms with van der Waals surface area (Å²) in [6, 6.07) is 3.57. The van der Waals surface area contributed by atoms with Crippen molar-refractivity contribution in [3.05, 3.63) is 56.3 Å². The van der Waals surface area contributed by atoms with Gasteiger partial charge >= 0.3 is 11.7 Å². The molecular weight excluding hydrogens is 270 g/mol. The van der Waals surface area contributed by atoms with Gasteiger partial charge in [-0.05, 0) is 12.1 Å². The summed E-state index contributed by atoms with van der Waals surface area (Å²) in [4.78, 5) is 48.4. The van der Waals surface area contributed by atoms with Crippen molar-refractivity contribution in [1.82, 2.24) is 15.3 Å². The molecule has 0 radical (unpaired) electrons. The third-order valence-corrected chi connectivity index (χ3v) is 2.30. The molecule has 0 spiro atoms. The molecule has 9 heteroatoms. The molecule has 0 fully saturated rings. The van der Waals surface area contributed by atoms with E-state index in [2.05, 4.69) is 10.3 Å². The van der Waals surface area contributed by atoms with Gasteiger partial charge in [-0.2, -0.15) is 0 Å². The molecule has 0 saturated carbocycles. The van der Waals surface area contributed by atoms with Crippen LogP contribution < -0.4 is 16.6 Å². The van der Waals surface area contributed by atoms with Gasteiger partial charge in [0.15, 0.2) is 0 Å². The lowest BCUT2D eigenvalue weighted by Gasteiger charge is -2.02. The van der Waals surface area contributed by atoms with E-state index in [1.807, 2.05) is 4.98 Å².